The first-order chi connectivity index (χ1) is 5.77. The molecule has 1 aromatic rings. The molecule has 2 atom stereocenters. The number of amides is 1. The predicted octanol–water partition coefficient (Wildman–Crippen LogP) is 1.48. The number of furan rings is 1. The molecule has 0 aromatic carbocycles. The van der Waals surface area contributed by atoms with Crippen molar-refractivity contribution in [3.63, 3.8) is 0 Å². The summed E-state index contributed by atoms with van der Waals surface area (Å²) in [4.78, 5) is 11.0. The van der Waals surface area contributed by atoms with E-state index in [1.807, 2.05) is 19.1 Å². The molecule has 2 unspecified atom stereocenters. The van der Waals surface area contributed by atoms with Crippen LogP contribution in [-0.2, 0) is 4.79 Å². The molecule has 1 aromatic heterocycles. The van der Waals surface area contributed by atoms with Gasteiger partial charge in [0.25, 0.3) is 0 Å². The molecule has 3 heteroatoms. The van der Waals surface area contributed by atoms with Crippen LogP contribution in [0.1, 0.15) is 25.1 Å². The first-order valence-electron chi connectivity index (χ1n) is 4.10. The van der Waals surface area contributed by atoms with E-state index in [0.717, 1.165) is 5.76 Å². The molecule has 0 radical (unpaired) electrons. The summed E-state index contributed by atoms with van der Waals surface area (Å²) in [5.74, 6) is 1.31. The quantitative estimate of drug-likeness (QED) is 0.684. The molecule has 64 valence electrons. The van der Waals surface area contributed by atoms with Crippen LogP contribution in [0.4, 0.5) is 0 Å². The van der Waals surface area contributed by atoms with Crippen molar-refractivity contribution in [2.24, 2.45) is 5.92 Å². The minimum atomic E-state index is 0.0764. The van der Waals surface area contributed by atoms with Crippen molar-refractivity contribution >= 4 is 5.91 Å². The third-order valence-corrected chi connectivity index (χ3v) is 2.24. The highest BCUT2D eigenvalue weighted by Crippen LogP contribution is 2.29. The maximum Gasteiger partial charge on any atom is 0.220 e. The fourth-order valence-electron chi connectivity index (χ4n) is 1.60. The fraction of sp³-hybridized carbons (Fsp3) is 0.444. The molecule has 1 saturated heterocycles. The van der Waals surface area contributed by atoms with Crippen LogP contribution in [0.25, 0.3) is 0 Å². The molecule has 0 spiro atoms. The van der Waals surface area contributed by atoms with Crippen molar-refractivity contribution < 1.29 is 9.21 Å². The average Bonchev–Trinajstić information content (AvgIpc) is 2.58. The zero-order chi connectivity index (χ0) is 8.55. The van der Waals surface area contributed by atoms with Gasteiger partial charge in [0.1, 0.15) is 5.76 Å². The highest BCUT2D eigenvalue weighted by atomic mass is 16.3. The number of rotatable bonds is 1. The summed E-state index contributed by atoms with van der Waals surface area (Å²) in [6, 6.07) is 3.81. The van der Waals surface area contributed by atoms with Crippen LogP contribution >= 0.6 is 0 Å². The minimum absolute atomic E-state index is 0.0764. The summed E-state index contributed by atoms with van der Waals surface area (Å²) >= 11 is 0. The second kappa shape index (κ2) is 2.66. The van der Waals surface area contributed by atoms with E-state index in [0.29, 0.717) is 12.3 Å². The molecule has 12 heavy (non-hydrogen) atoms. The fourth-order valence-corrected chi connectivity index (χ4v) is 1.60. The molecule has 1 N–H and O–H groups in total. The molecule has 2 rings (SSSR count). The van der Waals surface area contributed by atoms with Crippen molar-refractivity contribution in [2.75, 3.05) is 0 Å². The normalized spacial score (nSPS) is 28.9. The summed E-state index contributed by atoms with van der Waals surface area (Å²) in [7, 11) is 0. The Hall–Kier alpha value is -1.25. The molecule has 3 nitrogen and oxygen atoms in total. The van der Waals surface area contributed by atoms with Gasteiger partial charge in [0, 0.05) is 6.42 Å². The van der Waals surface area contributed by atoms with Crippen LogP contribution < -0.4 is 5.32 Å². The Kier molecular flexibility index (Phi) is 1.64. The first-order valence-corrected chi connectivity index (χ1v) is 4.10. The van der Waals surface area contributed by atoms with Gasteiger partial charge in [-0.25, -0.2) is 0 Å². The van der Waals surface area contributed by atoms with Gasteiger partial charge in [-0.15, -0.1) is 0 Å². The van der Waals surface area contributed by atoms with Gasteiger partial charge in [-0.2, -0.15) is 0 Å². The van der Waals surface area contributed by atoms with Gasteiger partial charge in [0.15, 0.2) is 0 Å². The zero-order valence-electron chi connectivity index (χ0n) is 6.91. The standard InChI is InChI=1S/C9H11NO2/c1-6-5-8(11)10-9(6)7-3-2-4-12-7/h2-4,6,9H,5H2,1H3,(H,10,11). The van der Waals surface area contributed by atoms with Gasteiger partial charge in [0.05, 0.1) is 12.3 Å². The number of carbonyl (C=O) groups is 1. The van der Waals surface area contributed by atoms with Gasteiger partial charge >= 0.3 is 0 Å². The predicted molar refractivity (Wildman–Crippen MR) is 43.4 cm³/mol. The van der Waals surface area contributed by atoms with Crippen LogP contribution in [0.5, 0.6) is 0 Å². The van der Waals surface area contributed by atoms with E-state index in [-0.39, 0.29) is 11.9 Å². The lowest BCUT2D eigenvalue weighted by atomic mass is 10.0. The van der Waals surface area contributed by atoms with Gasteiger partial charge in [-0.3, -0.25) is 4.79 Å². The van der Waals surface area contributed by atoms with E-state index < -0.39 is 0 Å². The van der Waals surface area contributed by atoms with Gasteiger partial charge in [0.2, 0.25) is 5.91 Å². The molecule has 1 aliphatic heterocycles. The van der Waals surface area contributed by atoms with E-state index in [2.05, 4.69) is 5.32 Å². The smallest absolute Gasteiger partial charge is 0.220 e. The largest absolute Gasteiger partial charge is 0.467 e. The van der Waals surface area contributed by atoms with Crippen molar-refractivity contribution in [1.82, 2.24) is 5.32 Å². The lowest BCUT2D eigenvalue weighted by molar-refractivity contribution is -0.119. The second-order valence-electron chi connectivity index (χ2n) is 3.24. The zero-order valence-corrected chi connectivity index (χ0v) is 6.91. The molecule has 0 saturated carbocycles. The molecule has 0 bridgehead atoms. The number of carbonyl (C=O) groups excluding carboxylic acids is 1. The van der Waals surface area contributed by atoms with Gasteiger partial charge < -0.3 is 9.73 Å². The first kappa shape index (κ1) is 7.40. The van der Waals surface area contributed by atoms with Crippen molar-refractivity contribution in [1.29, 1.82) is 0 Å². The Morgan fingerprint density at radius 3 is 3.00 bits per heavy atom. The lowest BCUT2D eigenvalue weighted by Crippen LogP contribution is -2.19. The average molecular weight is 165 g/mol. The van der Waals surface area contributed by atoms with Crippen LogP contribution in [0.2, 0.25) is 0 Å². The van der Waals surface area contributed by atoms with Crippen LogP contribution in [0.3, 0.4) is 0 Å². The Morgan fingerprint density at radius 1 is 1.67 bits per heavy atom. The maximum absolute atomic E-state index is 11.0. The molecule has 1 aliphatic rings. The number of nitrogens with one attached hydrogen (secondary N) is 1. The summed E-state index contributed by atoms with van der Waals surface area (Å²) in [6.45, 7) is 2.05. The Morgan fingerprint density at radius 2 is 2.50 bits per heavy atom. The molecular weight excluding hydrogens is 154 g/mol. The Balaban J connectivity index is 2.20. The highest BCUT2D eigenvalue weighted by Gasteiger charge is 2.31. The van der Waals surface area contributed by atoms with Crippen LogP contribution in [-0.4, -0.2) is 5.91 Å². The third-order valence-electron chi connectivity index (χ3n) is 2.24. The van der Waals surface area contributed by atoms with E-state index in [9.17, 15) is 4.79 Å². The maximum atomic E-state index is 11.0. The lowest BCUT2D eigenvalue weighted by Gasteiger charge is -2.10. The second-order valence-corrected chi connectivity index (χ2v) is 3.24. The van der Waals surface area contributed by atoms with E-state index >= 15 is 0 Å². The summed E-state index contributed by atoms with van der Waals surface area (Å²) < 4.78 is 5.22. The molecule has 1 amide bonds. The van der Waals surface area contributed by atoms with E-state index in [4.69, 9.17) is 4.42 Å². The SMILES string of the molecule is CC1CC(=O)NC1c1ccco1. The topological polar surface area (TPSA) is 42.2 Å². The Labute approximate surface area is 70.8 Å². The Bertz CT molecular complexity index is 279. The summed E-state index contributed by atoms with van der Waals surface area (Å²) in [5.41, 5.74) is 0. The van der Waals surface area contributed by atoms with Gasteiger partial charge in [-0.05, 0) is 18.1 Å². The molecule has 2 heterocycles. The van der Waals surface area contributed by atoms with Crippen LogP contribution in [0.15, 0.2) is 22.8 Å². The molecule has 1 fully saturated rings. The number of hydrogen-bond donors (Lipinski definition) is 1. The monoisotopic (exact) mass is 165 g/mol. The highest BCUT2D eigenvalue weighted by molar-refractivity contribution is 5.79. The minimum Gasteiger partial charge on any atom is -0.467 e. The number of hydrogen-bond acceptors (Lipinski definition) is 2. The molecular formula is C9H11NO2. The molecule has 0 aliphatic carbocycles. The van der Waals surface area contributed by atoms with Crippen molar-refractivity contribution in [3.05, 3.63) is 24.2 Å². The van der Waals surface area contributed by atoms with Crippen molar-refractivity contribution in [3.8, 4) is 0 Å². The third kappa shape index (κ3) is 1.11. The van der Waals surface area contributed by atoms with Gasteiger partial charge in [-0.1, -0.05) is 6.92 Å². The summed E-state index contributed by atoms with van der Waals surface area (Å²) in [6.07, 6.45) is 2.23. The van der Waals surface area contributed by atoms with Crippen LogP contribution in [0, 0.1) is 5.92 Å². The van der Waals surface area contributed by atoms with E-state index in [1.54, 1.807) is 6.26 Å². The van der Waals surface area contributed by atoms with Crippen molar-refractivity contribution in [2.45, 2.75) is 19.4 Å². The van der Waals surface area contributed by atoms with E-state index in [1.165, 1.54) is 0 Å². The summed E-state index contributed by atoms with van der Waals surface area (Å²) in [5, 5.41) is 2.87.